The summed E-state index contributed by atoms with van der Waals surface area (Å²) in [4.78, 5) is 21.0. The first-order valence-corrected chi connectivity index (χ1v) is 5.67. The zero-order valence-electron chi connectivity index (χ0n) is 8.50. The molecule has 0 atom stereocenters. The number of aliphatic carboxylic acids is 1. The molecule has 8 heteroatoms. The Morgan fingerprint density at radius 1 is 1.33 bits per heavy atom. The third-order valence-corrected chi connectivity index (χ3v) is 3.77. The van der Waals surface area contributed by atoms with Gasteiger partial charge in [0.1, 0.15) is 6.54 Å². The third kappa shape index (κ3) is 4.26. The van der Waals surface area contributed by atoms with Gasteiger partial charge in [0.05, 0.1) is 11.8 Å². The predicted octanol–water partition coefficient (Wildman–Crippen LogP) is -1.40. The summed E-state index contributed by atoms with van der Waals surface area (Å²) < 4.78 is 23.7. The van der Waals surface area contributed by atoms with Gasteiger partial charge in [-0.25, -0.2) is 8.42 Å². The number of sulfonamides is 1. The Balaban J connectivity index is 4.93. The highest BCUT2D eigenvalue weighted by Gasteiger charge is 2.28. The van der Waals surface area contributed by atoms with Crippen molar-refractivity contribution >= 4 is 21.9 Å². The fraction of sp³-hybridized carbons (Fsp3) is 0.714. The summed E-state index contributed by atoms with van der Waals surface area (Å²) in [7, 11) is -3.78. The molecule has 0 saturated carbocycles. The molecule has 0 aliphatic heterocycles. The van der Waals surface area contributed by atoms with Gasteiger partial charge in [-0.3, -0.25) is 9.59 Å². The van der Waals surface area contributed by atoms with Gasteiger partial charge < -0.3 is 10.8 Å². The van der Waals surface area contributed by atoms with Crippen molar-refractivity contribution in [2.24, 2.45) is 5.73 Å². The molecular formula is C7H14N2O5S. The lowest BCUT2D eigenvalue weighted by Crippen LogP contribution is -2.44. The van der Waals surface area contributed by atoms with Crippen molar-refractivity contribution in [3.63, 3.8) is 0 Å². The second-order valence-corrected chi connectivity index (χ2v) is 5.71. The normalized spacial score (nSPS) is 12.0. The highest BCUT2D eigenvalue weighted by molar-refractivity contribution is 7.89. The monoisotopic (exact) mass is 238 g/mol. The average molecular weight is 238 g/mol. The summed E-state index contributed by atoms with van der Waals surface area (Å²) in [6, 6.07) is 0. The van der Waals surface area contributed by atoms with Crippen LogP contribution >= 0.6 is 0 Å². The first-order valence-electron chi connectivity index (χ1n) is 4.17. The van der Waals surface area contributed by atoms with Gasteiger partial charge in [-0.1, -0.05) is 0 Å². The molecule has 0 aliphatic rings. The van der Waals surface area contributed by atoms with Gasteiger partial charge in [0.2, 0.25) is 15.9 Å². The fourth-order valence-corrected chi connectivity index (χ4v) is 2.05. The molecular weight excluding hydrogens is 224 g/mol. The van der Waals surface area contributed by atoms with Crippen LogP contribution in [0.3, 0.4) is 0 Å². The van der Waals surface area contributed by atoms with Gasteiger partial charge in [-0.15, -0.1) is 0 Å². The molecule has 88 valence electrons. The Kier molecular flexibility index (Phi) is 4.69. The number of hydrogen-bond donors (Lipinski definition) is 2. The van der Waals surface area contributed by atoms with E-state index in [0.29, 0.717) is 4.31 Å². The predicted molar refractivity (Wildman–Crippen MR) is 52.5 cm³/mol. The summed E-state index contributed by atoms with van der Waals surface area (Å²) in [5.74, 6) is -2.22. The maximum absolute atomic E-state index is 11.6. The molecule has 0 spiro atoms. The highest BCUT2D eigenvalue weighted by Crippen LogP contribution is 2.07. The van der Waals surface area contributed by atoms with Gasteiger partial charge in [0, 0.05) is 0 Å². The first-order chi connectivity index (χ1) is 6.67. The smallest absolute Gasteiger partial charge is 0.318 e. The van der Waals surface area contributed by atoms with E-state index in [1.54, 1.807) is 0 Å². The van der Waals surface area contributed by atoms with Crippen LogP contribution in [-0.4, -0.2) is 48.0 Å². The van der Waals surface area contributed by atoms with Crippen LogP contribution in [0.1, 0.15) is 13.8 Å². The van der Waals surface area contributed by atoms with Crippen LogP contribution in [0.4, 0.5) is 0 Å². The molecule has 3 N–H and O–H groups in total. The maximum atomic E-state index is 11.6. The van der Waals surface area contributed by atoms with E-state index in [4.69, 9.17) is 10.8 Å². The minimum atomic E-state index is -3.78. The Labute approximate surface area is 87.9 Å². The second-order valence-electron chi connectivity index (χ2n) is 3.22. The number of nitrogens with zero attached hydrogens (tertiary/aromatic N) is 1. The van der Waals surface area contributed by atoms with Crippen LogP contribution in [0, 0.1) is 0 Å². The van der Waals surface area contributed by atoms with Gasteiger partial charge in [0.15, 0.2) is 0 Å². The van der Waals surface area contributed by atoms with Crippen LogP contribution in [0.5, 0.6) is 0 Å². The number of primary amides is 1. The van der Waals surface area contributed by atoms with Crippen LogP contribution in [0.2, 0.25) is 0 Å². The molecule has 0 rings (SSSR count). The van der Waals surface area contributed by atoms with Crippen molar-refractivity contribution in [3.05, 3.63) is 0 Å². The topological polar surface area (TPSA) is 118 Å². The highest BCUT2D eigenvalue weighted by atomic mass is 32.2. The number of carbonyl (C=O) groups is 2. The molecule has 0 radical (unpaired) electrons. The lowest BCUT2D eigenvalue weighted by Gasteiger charge is -2.20. The SMILES string of the molecule is CC(C)S(=O)(=O)N(CC(N)=O)CC(=O)O. The molecule has 0 aliphatic carbocycles. The lowest BCUT2D eigenvalue weighted by atomic mass is 10.5. The minimum absolute atomic E-state index is 0.558. The number of hydrogen-bond acceptors (Lipinski definition) is 4. The quantitative estimate of drug-likeness (QED) is 0.589. The second kappa shape index (κ2) is 5.08. The number of amides is 1. The number of nitrogens with two attached hydrogens (primary N) is 1. The van der Waals surface area contributed by atoms with Crippen LogP contribution < -0.4 is 5.73 Å². The Morgan fingerprint density at radius 2 is 1.80 bits per heavy atom. The third-order valence-electron chi connectivity index (χ3n) is 1.60. The molecule has 0 unspecified atom stereocenters. The summed E-state index contributed by atoms with van der Waals surface area (Å²) in [6.45, 7) is 1.41. The fourth-order valence-electron chi connectivity index (χ4n) is 0.859. The molecule has 0 bridgehead atoms. The molecule has 0 saturated heterocycles. The van der Waals surface area contributed by atoms with Crippen molar-refractivity contribution in [1.82, 2.24) is 4.31 Å². The van der Waals surface area contributed by atoms with E-state index in [1.165, 1.54) is 13.8 Å². The minimum Gasteiger partial charge on any atom is -0.480 e. The Bertz CT molecular complexity index is 332. The molecule has 0 fully saturated rings. The van der Waals surface area contributed by atoms with E-state index < -0.39 is 40.2 Å². The molecule has 1 amide bonds. The van der Waals surface area contributed by atoms with Crippen molar-refractivity contribution in [3.8, 4) is 0 Å². The van der Waals surface area contributed by atoms with Gasteiger partial charge in [0.25, 0.3) is 0 Å². The Hall–Kier alpha value is -1.15. The Morgan fingerprint density at radius 3 is 2.07 bits per heavy atom. The van der Waals surface area contributed by atoms with Crippen LogP contribution in [0.25, 0.3) is 0 Å². The van der Waals surface area contributed by atoms with Crippen molar-refractivity contribution in [1.29, 1.82) is 0 Å². The molecule has 0 aromatic rings. The number of carbonyl (C=O) groups excluding carboxylic acids is 1. The van der Waals surface area contributed by atoms with Crippen LogP contribution in [0.15, 0.2) is 0 Å². The number of rotatable bonds is 6. The van der Waals surface area contributed by atoms with Crippen molar-refractivity contribution < 1.29 is 23.1 Å². The van der Waals surface area contributed by atoms with Crippen molar-refractivity contribution in [2.75, 3.05) is 13.1 Å². The molecule has 7 nitrogen and oxygen atoms in total. The molecule has 0 aromatic carbocycles. The average Bonchev–Trinajstić information content (AvgIpc) is 2.00. The van der Waals surface area contributed by atoms with E-state index in [-0.39, 0.29) is 0 Å². The molecule has 15 heavy (non-hydrogen) atoms. The zero-order chi connectivity index (χ0) is 12.2. The summed E-state index contributed by atoms with van der Waals surface area (Å²) >= 11 is 0. The van der Waals surface area contributed by atoms with E-state index in [2.05, 4.69) is 0 Å². The van der Waals surface area contributed by atoms with E-state index in [0.717, 1.165) is 0 Å². The molecule has 0 aromatic heterocycles. The zero-order valence-corrected chi connectivity index (χ0v) is 9.32. The van der Waals surface area contributed by atoms with Crippen LogP contribution in [-0.2, 0) is 19.6 Å². The maximum Gasteiger partial charge on any atom is 0.318 e. The number of carboxylic acid groups (broad SMARTS) is 1. The lowest BCUT2D eigenvalue weighted by molar-refractivity contribution is -0.137. The summed E-state index contributed by atoms with van der Waals surface area (Å²) in [5, 5.41) is 7.69. The van der Waals surface area contributed by atoms with Gasteiger partial charge in [-0.2, -0.15) is 4.31 Å². The van der Waals surface area contributed by atoms with Gasteiger partial charge >= 0.3 is 5.97 Å². The van der Waals surface area contributed by atoms with E-state index in [1.807, 2.05) is 0 Å². The largest absolute Gasteiger partial charge is 0.480 e. The summed E-state index contributed by atoms with van der Waals surface area (Å²) in [5.41, 5.74) is 4.83. The van der Waals surface area contributed by atoms with E-state index >= 15 is 0 Å². The van der Waals surface area contributed by atoms with Crippen molar-refractivity contribution in [2.45, 2.75) is 19.1 Å². The van der Waals surface area contributed by atoms with Gasteiger partial charge in [-0.05, 0) is 13.8 Å². The molecule has 0 heterocycles. The van der Waals surface area contributed by atoms with E-state index in [9.17, 15) is 18.0 Å². The first kappa shape index (κ1) is 13.8. The number of carboxylic acids is 1. The summed E-state index contributed by atoms with van der Waals surface area (Å²) in [6.07, 6.45) is 0. The standard InChI is InChI=1S/C7H14N2O5S/c1-5(2)15(13,14)9(3-6(8)10)4-7(11)12/h5H,3-4H2,1-2H3,(H2,8,10)(H,11,12).